The number of hydrogen-bond donors (Lipinski definition) is 3. The van der Waals surface area contributed by atoms with Crippen molar-refractivity contribution in [3.8, 4) is 0 Å². The van der Waals surface area contributed by atoms with Crippen LogP contribution in [-0.2, 0) is 27.2 Å². The minimum atomic E-state index is -0.177. The third-order valence-electron chi connectivity index (χ3n) is 3.76. The minimum Gasteiger partial charge on any atom is -0.359 e. The minimum absolute atomic E-state index is 0.0620. The van der Waals surface area contributed by atoms with Crippen molar-refractivity contribution >= 4 is 23.4 Å². The summed E-state index contributed by atoms with van der Waals surface area (Å²) in [6.45, 7) is 0.284. The van der Waals surface area contributed by atoms with Gasteiger partial charge >= 0.3 is 0 Å². The molecule has 0 fully saturated rings. The van der Waals surface area contributed by atoms with E-state index in [1.807, 2.05) is 30.3 Å². The number of nitrogens with one attached hydrogen (secondary N) is 3. The van der Waals surface area contributed by atoms with Crippen molar-refractivity contribution < 1.29 is 14.4 Å². The molecule has 6 heteroatoms. The third kappa shape index (κ3) is 6.76. The van der Waals surface area contributed by atoms with Crippen molar-refractivity contribution in [1.82, 2.24) is 10.6 Å². The van der Waals surface area contributed by atoms with E-state index in [0.29, 0.717) is 18.5 Å². The number of carbonyl (C=O) groups excluding carboxylic acids is 3. The first-order valence-electron chi connectivity index (χ1n) is 8.47. The van der Waals surface area contributed by atoms with Crippen molar-refractivity contribution in [2.24, 2.45) is 0 Å². The quantitative estimate of drug-likeness (QED) is 0.674. The predicted molar refractivity (Wildman–Crippen MR) is 101 cm³/mol. The van der Waals surface area contributed by atoms with Crippen molar-refractivity contribution in [2.75, 3.05) is 18.9 Å². The summed E-state index contributed by atoms with van der Waals surface area (Å²) >= 11 is 0. The van der Waals surface area contributed by atoms with Crippen LogP contribution >= 0.6 is 0 Å². The molecule has 3 amide bonds. The summed E-state index contributed by atoms with van der Waals surface area (Å²) in [7, 11) is 1.59. The Kier molecular flexibility index (Phi) is 7.36. The van der Waals surface area contributed by atoms with Crippen LogP contribution in [0.3, 0.4) is 0 Å². The SMILES string of the molecule is CNC(=O)Cc1ccc(NC(=O)CCNC(=O)Cc2ccccc2)cc1. The molecule has 2 rings (SSSR count). The highest BCUT2D eigenvalue weighted by Crippen LogP contribution is 2.10. The van der Waals surface area contributed by atoms with Crippen molar-refractivity contribution in [3.05, 3.63) is 65.7 Å². The van der Waals surface area contributed by atoms with Gasteiger partial charge in [-0.3, -0.25) is 14.4 Å². The van der Waals surface area contributed by atoms with Gasteiger partial charge in [0.2, 0.25) is 17.7 Å². The average molecular weight is 353 g/mol. The second-order valence-corrected chi connectivity index (χ2v) is 5.86. The standard InChI is InChI=1S/C20H23N3O3/c1-21-19(25)13-16-7-9-17(10-8-16)23-18(24)11-12-22-20(26)14-15-5-3-2-4-6-15/h2-10H,11-14H2,1H3,(H,21,25)(H,22,26)(H,23,24). The van der Waals surface area contributed by atoms with E-state index in [1.54, 1.807) is 31.3 Å². The van der Waals surface area contributed by atoms with Gasteiger partial charge in [0.1, 0.15) is 0 Å². The first kappa shape index (κ1) is 19.2. The zero-order valence-corrected chi connectivity index (χ0v) is 14.7. The molecular formula is C20H23N3O3. The summed E-state index contributed by atoms with van der Waals surface area (Å²) in [5, 5.41) is 8.07. The Morgan fingerprint density at radius 1 is 0.769 bits per heavy atom. The Balaban J connectivity index is 1.70. The Labute approximate surface area is 153 Å². The van der Waals surface area contributed by atoms with E-state index in [2.05, 4.69) is 16.0 Å². The molecule has 0 atom stereocenters. The number of carbonyl (C=O) groups is 3. The van der Waals surface area contributed by atoms with E-state index in [4.69, 9.17) is 0 Å². The van der Waals surface area contributed by atoms with E-state index in [-0.39, 0.29) is 30.7 Å². The number of hydrogen-bond acceptors (Lipinski definition) is 3. The van der Waals surface area contributed by atoms with E-state index in [0.717, 1.165) is 11.1 Å². The highest BCUT2D eigenvalue weighted by Gasteiger charge is 2.06. The summed E-state index contributed by atoms with van der Waals surface area (Å²) in [5.41, 5.74) is 2.47. The second-order valence-electron chi connectivity index (χ2n) is 5.86. The van der Waals surface area contributed by atoms with Crippen LogP contribution < -0.4 is 16.0 Å². The van der Waals surface area contributed by atoms with Crippen LogP contribution in [0.4, 0.5) is 5.69 Å². The monoisotopic (exact) mass is 353 g/mol. The van der Waals surface area contributed by atoms with Crippen LogP contribution in [0.5, 0.6) is 0 Å². The number of rotatable bonds is 8. The molecule has 0 aliphatic heterocycles. The normalized spacial score (nSPS) is 10.0. The molecule has 3 N–H and O–H groups in total. The van der Waals surface area contributed by atoms with Crippen LogP contribution in [0.15, 0.2) is 54.6 Å². The fourth-order valence-corrected chi connectivity index (χ4v) is 2.36. The molecule has 2 aromatic carbocycles. The molecule has 0 aliphatic rings. The van der Waals surface area contributed by atoms with E-state index < -0.39 is 0 Å². The summed E-state index contributed by atoms with van der Waals surface area (Å²) in [5.74, 6) is -0.348. The van der Waals surface area contributed by atoms with Gasteiger partial charge in [-0.1, -0.05) is 42.5 Å². The largest absolute Gasteiger partial charge is 0.359 e. The van der Waals surface area contributed by atoms with Crippen molar-refractivity contribution in [1.29, 1.82) is 0 Å². The average Bonchev–Trinajstić information content (AvgIpc) is 2.64. The first-order valence-corrected chi connectivity index (χ1v) is 8.47. The van der Waals surface area contributed by atoms with Crippen LogP contribution in [0.1, 0.15) is 17.5 Å². The molecule has 6 nitrogen and oxygen atoms in total. The predicted octanol–water partition coefficient (Wildman–Crippen LogP) is 1.66. The summed E-state index contributed by atoms with van der Waals surface area (Å²) < 4.78 is 0. The van der Waals surface area contributed by atoms with Gasteiger partial charge in [0, 0.05) is 25.7 Å². The molecule has 0 saturated heterocycles. The Bertz CT molecular complexity index is 743. The molecule has 26 heavy (non-hydrogen) atoms. The van der Waals surface area contributed by atoms with Gasteiger partial charge in [-0.15, -0.1) is 0 Å². The summed E-state index contributed by atoms with van der Waals surface area (Å²) in [4.78, 5) is 35.1. The zero-order valence-electron chi connectivity index (χ0n) is 14.7. The maximum atomic E-state index is 11.9. The molecule has 0 bridgehead atoms. The van der Waals surface area contributed by atoms with E-state index >= 15 is 0 Å². The lowest BCUT2D eigenvalue weighted by atomic mass is 10.1. The first-order chi connectivity index (χ1) is 12.6. The molecule has 0 aromatic heterocycles. The third-order valence-corrected chi connectivity index (χ3v) is 3.76. The van der Waals surface area contributed by atoms with Gasteiger partial charge in [-0.25, -0.2) is 0 Å². The fourth-order valence-electron chi connectivity index (χ4n) is 2.36. The van der Waals surface area contributed by atoms with E-state index in [9.17, 15) is 14.4 Å². The summed E-state index contributed by atoms with van der Waals surface area (Å²) in [6.07, 6.45) is 0.800. The Hall–Kier alpha value is -3.15. The topological polar surface area (TPSA) is 87.3 Å². The highest BCUT2D eigenvalue weighted by atomic mass is 16.2. The number of amides is 3. The summed E-state index contributed by atoms with van der Waals surface area (Å²) in [6, 6.07) is 16.6. The molecule has 0 heterocycles. The smallest absolute Gasteiger partial charge is 0.226 e. The number of benzene rings is 2. The zero-order chi connectivity index (χ0) is 18.8. The molecule has 0 radical (unpaired) electrons. The van der Waals surface area contributed by atoms with Gasteiger partial charge in [0.25, 0.3) is 0 Å². The molecule has 0 spiro atoms. The lowest BCUT2D eigenvalue weighted by molar-refractivity contribution is -0.121. The van der Waals surface area contributed by atoms with Crippen LogP contribution in [0, 0.1) is 0 Å². The molecular weight excluding hydrogens is 330 g/mol. The highest BCUT2D eigenvalue weighted by molar-refractivity contribution is 5.91. The molecule has 136 valence electrons. The van der Waals surface area contributed by atoms with Gasteiger partial charge in [0.05, 0.1) is 12.8 Å². The number of likely N-dealkylation sites (N-methyl/N-ethyl adjacent to an activating group) is 1. The van der Waals surface area contributed by atoms with Gasteiger partial charge in [-0.05, 0) is 23.3 Å². The van der Waals surface area contributed by atoms with Gasteiger partial charge in [-0.2, -0.15) is 0 Å². The molecule has 0 unspecified atom stereocenters. The van der Waals surface area contributed by atoms with Crippen LogP contribution in [0.2, 0.25) is 0 Å². The number of anilines is 1. The lowest BCUT2D eigenvalue weighted by Crippen LogP contribution is -2.28. The Morgan fingerprint density at radius 3 is 2.04 bits per heavy atom. The van der Waals surface area contributed by atoms with Crippen molar-refractivity contribution in [3.63, 3.8) is 0 Å². The Morgan fingerprint density at radius 2 is 1.38 bits per heavy atom. The van der Waals surface area contributed by atoms with Crippen molar-refractivity contribution in [2.45, 2.75) is 19.3 Å². The van der Waals surface area contributed by atoms with Crippen LogP contribution in [0.25, 0.3) is 0 Å². The molecule has 2 aromatic rings. The maximum absolute atomic E-state index is 11.9. The van der Waals surface area contributed by atoms with Gasteiger partial charge < -0.3 is 16.0 Å². The van der Waals surface area contributed by atoms with Crippen LogP contribution in [-0.4, -0.2) is 31.3 Å². The van der Waals surface area contributed by atoms with Gasteiger partial charge in [0.15, 0.2) is 0 Å². The lowest BCUT2D eigenvalue weighted by Gasteiger charge is -2.08. The van der Waals surface area contributed by atoms with E-state index in [1.165, 1.54) is 0 Å². The molecule has 0 aliphatic carbocycles. The maximum Gasteiger partial charge on any atom is 0.226 e. The second kappa shape index (κ2) is 9.98. The molecule has 0 saturated carbocycles. The fraction of sp³-hybridized carbons (Fsp3) is 0.250.